The van der Waals surface area contributed by atoms with Crippen LogP contribution in [0.15, 0.2) is 36.4 Å². The zero-order valence-electron chi connectivity index (χ0n) is 11.8. The number of carbonyl (C=O) groups is 1. The lowest BCUT2D eigenvalue weighted by Crippen LogP contribution is -2.33. The van der Waals surface area contributed by atoms with Crippen molar-refractivity contribution >= 4 is 16.7 Å². The van der Waals surface area contributed by atoms with Crippen LogP contribution >= 0.6 is 0 Å². The Bertz CT molecular complexity index is 650. The van der Waals surface area contributed by atoms with Crippen molar-refractivity contribution in [1.82, 2.24) is 5.32 Å². The van der Waals surface area contributed by atoms with Crippen LogP contribution in [0.2, 0.25) is 0 Å². The fourth-order valence-electron chi connectivity index (χ4n) is 2.76. The van der Waals surface area contributed by atoms with Gasteiger partial charge in [0.2, 0.25) is 0 Å². The number of carbonyl (C=O) groups excluding carboxylic acids is 1. The van der Waals surface area contributed by atoms with Crippen molar-refractivity contribution in [3.8, 4) is 0 Å². The van der Waals surface area contributed by atoms with E-state index in [1.54, 1.807) is 24.3 Å². The molecule has 21 heavy (non-hydrogen) atoms. The Morgan fingerprint density at radius 2 is 2.05 bits per heavy atom. The summed E-state index contributed by atoms with van der Waals surface area (Å²) in [4.78, 5) is 12.3. The van der Waals surface area contributed by atoms with Crippen molar-refractivity contribution in [1.29, 1.82) is 0 Å². The largest absolute Gasteiger partial charge is 0.381 e. The van der Waals surface area contributed by atoms with E-state index in [4.69, 9.17) is 4.74 Å². The highest BCUT2D eigenvalue weighted by Crippen LogP contribution is 2.22. The number of ether oxygens (including phenoxy) is 1. The standard InChI is InChI=1S/C17H18FNO2/c18-16-8-7-15(13-5-1-2-6-14(13)16)17(20)19-10-12-4-3-9-21-11-12/h1-2,5-8,12H,3-4,9-11H2,(H,19,20). The number of hydrogen-bond donors (Lipinski definition) is 1. The Hall–Kier alpha value is -1.94. The molecule has 2 aromatic carbocycles. The van der Waals surface area contributed by atoms with Crippen LogP contribution in [0.5, 0.6) is 0 Å². The minimum absolute atomic E-state index is 0.156. The summed E-state index contributed by atoms with van der Waals surface area (Å²) >= 11 is 0. The maximum atomic E-state index is 13.8. The van der Waals surface area contributed by atoms with E-state index in [2.05, 4.69) is 5.32 Å². The molecule has 0 spiro atoms. The van der Waals surface area contributed by atoms with E-state index in [1.165, 1.54) is 6.07 Å². The molecule has 0 aromatic heterocycles. The van der Waals surface area contributed by atoms with E-state index >= 15 is 0 Å². The summed E-state index contributed by atoms with van der Waals surface area (Å²) in [5.41, 5.74) is 0.517. The van der Waals surface area contributed by atoms with E-state index in [0.717, 1.165) is 19.4 Å². The van der Waals surface area contributed by atoms with Gasteiger partial charge in [0, 0.05) is 24.1 Å². The minimum Gasteiger partial charge on any atom is -0.381 e. The third-order valence-electron chi connectivity index (χ3n) is 3.92. The average molecular weight is 287 g/mol. The summed E-state index contributed by atoms with van der Waals surface area (Å²) < 4.78 is 19.2. The third kappa shape index (κ3) is 3.05. The van der Waals surface area contributed by atoms with Gasteiger partial charge in [-0.15, -0.1) is 0 Å². The Kier molecular flexibility index (Phi) is 4.15. The molecule has 0 bridgehead atoms. The Morgan fingerprint density at radius 1 is 1.24 bits per heavy atom. The van der Waals surface area contributed by atoms with Gasteiger partial charge in [-0.05, 0) is 36.3 Å². The first-order valence-corrected chi connectivity index (χ1v) is 7.29. The molecule has 1 N–H and O–H groups in total. The molecule has 2 aromatic rings. The predicted molar refractivity (Wildman–Crippen MR) is 79.8 cm³/mol. The summed E-state index contributed by atoms with van der Waals surface area (Å²) in [5.74, 6) is -0.0889. The summed E-state index contributed by atoms with van der Waals surface area (Å²) in [6.45, 7) is 2.11. The van der Waals surface area contributed by atoms with Crippen LogP contribution in [-0.2, 0) is 4.74 Å². The Morgan fingerprint density at radius 3 is 2.81 bits per heavy atom. The fourth-order valence-corrected chi connectivity index (χ4v) is 2.76. The molecule has 4 heteroatoms. The van der Waals surface area contributed by atoms with Crippen LogP contribution in [0.25, 0.3) is 10.8 Å². The number of amides is 1. The monoisotopic (exact) mass is 287 g/mol. The summed E-state index contributed by atoms with van der Waals surface area (Å²) in [6, 6.07) is 9.94. The molecule has 1 saturated heterocycles. The van der Waals surface area contributed by atoms with Crippen molar-refractivity contribution in [3.63, 3.8) is 0 Å². The first-order valence-electron chi connectivity index (χ1n) is 7.29. The summed E-state index contributed by atoms with van der Waals surface area (Å²) in [6.07, 6.45) is 2.12. The lowest BCUT2D eigenvalue weighted by molar-refractivity contribution is 0.0536. The molecule has 0 saturated carbocycles. The molecule has 1 aliphatic heterocycles. The number of rotatable bonds is 3. The molecule has 0 aliphatic carbocycles. The maximum absolute atomic E-state index is 13.8. The maximum Gasteiger partial charge on any atom is 0.251 e. The lowest BCUT2D eigenvalue weighted by Gasteiger charge is -2.22. The second-order valence-corrected chi connectivity index (χ2v) is 5.43. The summed E-state index contributed by atoms with van der Waals surface area (Å²) in [7, 11) is 0. The Labute approximate surface area is 123 Å². The van der Waals surface area contributed by atoms with Gasteiger partial charge in [-0.2, -0.15) is 0 Å². The van der Waals surface area contributed by atoms with Gasteiger partial charge in [-0.25, -0.2) is 4.39 Å². The molecule has 0 radical (unpaired) electrons. The molecule has 110 valence electrons. The SMILES string of the molecule is O=C(NCC1CCCOC1)c1ccc(F)c2ccccc12. The third-order valence-corrected chi connectivity index (χ3v) is 3.92. The van der Waals surface area contributed by atoms with E-state index in [0.29, 0.717) is 35.4 Å². The highest BCUT2D eigenvalue weighted by Gasteiger charge is 2.17. The second-order valence-electron chi connectivity index (χ2n) is 5.43. The highest BCUT2D eigenvalue weighted by atomic mass is 19.1. The van der Waals surface area contributed by atoms with Gasteiger partial charge < -0.3 is 10.1 Å². The quantitative estimate of drug-likeness (QED) is 0.942. The number of halogens is 1. The van der Waals surface area contributed by atoms with Gasteiger partial charge >= 0.3 is 0 Å². The molecule has 1 heterocycles. The van der Waals surface area contributed by atoms with Crippen molar-refractivity contribution in [3.05, 3.63) is 47.8 Å². The molecule has 1 amide bonds. The lowest BCUT2D eigenvalue weighted by atomic mass is 10.0. The van der Waals surface area contributed by atoms with Gasteiger partial charge in [0.15, 0.2) is 0 Å². The predicted octanol–water partition coefficient (Wildman–Crippen LogP) is 3.14. The number of nitrogens with one attached hydrogen (secondary N) is 1. The van der Waals surface area contributed by atoms with Crippen LogP contribution in [0.1, 0.15) is 23.2 Å². The van der Waals surface area contributed by atoms with E-state index in [1.807, 2.05) is 6.07 Å². The van der Waals surface area contributed by atoms with E-state index in [-0.39, 0.29) is 11.7 Å². The molecule has 3 nitrogen and oxygen atoms in total. The number of fused-ring (bicyclic) bond motifs is 1. The minimum atomic E-state index is -0.303. The molecule has 1 aliphatic rings. The fraction of sp³-hybridized carbons (Fsp3) is 0.353. The zero-order chi connectivity index (χ0) is 14.7. The second kappa shape index (κ2) is 6.22. The molecule has 1 fully saturated rings. The highest BCUT2D eigenvalue weighted by molar-refractivity contribution is 6.07. The molecule has 3 rings (SSSR count). The van der Waals surface area contributed by atoms with Crippen LogP contribution < -0.4 is 5.32 Å². The van der Waals surface area contributed by atoms with Gasteiger partial charge in [-0.3, -0.25) is 4.79 Å². The molecule has 1 unspecified atom stereocenters. The number of hydrogen-bond acceptors (Lipinski definition) is 2. The van der Waals surface area contributed by atoms with Crippen molar-refractivity contribution in [2.24, 2.45) is 5.92 Å². The van der Waals surface area contributed by atoms with Gasteiger partial charge in [0.25, 0.3) is 5.91 Å². The van der Waals surface area contributed by atoms with E-state index in [9.17, 15) is 9.18 Å². The van der Waals surface area contributed by atoms with Gasteiger partial charge in [-0.1, -0.05) is 24.3 Å². The van der Waals surface area contributed by atoms with Crippen LogP contribution in [0.4, 0.5) is 4.39 Å². The van der Waals surface area contributed by atoms with Crippen LogP contribution in [0.3, 0.4) is 0 Å². The zero-order valence-corrected chi connectivity index (χ0v) is 11.8. The topological polar surface area (TPSA) is 38.3 Å². The van der Waals surface area contributed by atoms with Gasteiger partial charge in [0.05, 0.1) is 6.61 Å². The first-order chi connectivity index (χ1) is 10.3. The summed E-state index contributed by atoms with van der Waals surface area (Å²) in [5, 5.41) is 4.06. The Balaban J connectivity index is 1.77. The number of benzene rings is 2. The van der Waals surface area contributed by atoms with Gasteiger partial charge in [0.1, 0.15) is 5.82 Å². The smallest absolute Gasteiger partial charge is 0.251 e. The molecular formula is C17H18FNO2. The van der Waals surface area contributed by atoms with Crippen molar-refractivity contribution < 1.29 is 13.9 Å². The first kappa shape index (κ1) is 14.0. The van der Waals surface area contributed by atoms with Crippen molar-refractivity contribution in [2.75, 3.05) is 19.8 Å². The average Bonchev–Trinajstić information content (AvgIpc) is 2.54. The van der Waals surface area contributed by atoms with Crippen LogP contribution in [0, 0.1) is 11.7 Å². The molecular weight excluding hydrogens is 269 g/mol. The van der Waals surface area contributed by atoms with Crippen LogP contribution in [-0.4, -0.2) is 25.7 Å². The van der Waals surface area contributed by atoms with E-state index < -0.39 is 0 Å². The normalized spacial score (nSPS) is 18.6. The van der Waals surface area contributed by atoms with Crippen molar-refractivity contribution in [2.45, 2.75) is 12.8 Å². The molecule has 1 atom stereocenters.